The first kappa shape index (κ1) is 38.2. The molecule has 7 nitrogen and oxygen atoms in total. The normalized spacial score (nSPS) is 11.9. The fraction of sp³-hybridized carbons (Fsp3) is 0.0517. The lowest BCUT2D eigenvalue weighted by atomic mass is 10.0. The molecule has 0 saturated carbocycles. The maximum atomic E-state index is 6.68. The first-order valence-electron chi connectivity index (χ1n) is 22.3. The van der Waals surface area contributed by atoms with Gasteiger partial charge in [0.1, 0.15) is 23.5 Å². The van der Waals surface area contributed by atoms with Gasteiger partial charge in [-0.2, -0.15) is 0 Å². The zero-order valence-electron chi connectivity index (χ0n) is 36.1. The van der Waals surface area contributed by atoms with E-state index >= 15 is 0 Å². The Balaban J connectivity index is 1.00. The summed E-state index contributed by atoms with van der Waals surface area (Å²) in [4.78, 5) is 9.40. The molecule has 0 spiro atoms. The Morgan fingerprint density at radius 1 is 0.545 bits per heavy atom. The minimum absolute atomic E-state index is 0.379. The topological polar surface area (TPSA) is 53.7 Å². The quantitative estimate of drug-likeness (QED) is 0.113. The Morgan fingerprint density at radius 3 is 1.68 bits per heavy atom. The minimum Gasteiger partial charge on any atom is -0.458 e. The van der Waals surface area contributed by atoms with Crippen LogP contribution >= 0.6 is 11.3 Å². The van der Waals surface area contributed by atoms with Crippen molar-refractivity contribution in [1.82, 2.24) is 23.7 Å². The average molecular weight is 869 g/mol. The van der Waals surface area contributed by atoms with Crippen LogP contribution in [0.4, 0.5) is 0 Å². The third kappa shape index (κ3) is 5.92. The van der Waals surface area contributed by atoms with Crippen LogP contribution in [0.2, 0.25) is 0 Å². The molecule has 8 aromatic carbocycles. The van der Waals surface area contributed by atoms with Crippen molar-refractivity contribution in [1.29, 1.82) is 0 Å². The minimum atomic E-state index is 0.379. The monoisotopic (exact) mass is 868 g/mol. The Hall–Kier alpha value is -8.33. The van der Waals surface area contributed by atoms with Crippen LogP contribution in [-0.2, 0) is 0 Å². The standard InChI is InChI=1S/C58H40N6OS/c1-37(2)46-34-66-58-55(59-35-60-56(46)58)38-16-13-18-40(32-38)65-41-19-14-17-39(33-41)61-36-62(52-29-12-11-28-51(52)61)57-53(63-47-24-7-3-20-42(47)43-21-4-8-25-48(43)63)30-15-31-54(57)64-49-26-9-5-22-44(49)45-23-6-10-27-50(45)64/h3-35,37H,1-2H3. The lowest BCUT2D eigenvalue weighted by Crippen LogP contribution is -2.33. The number of benzene rings is 8. The molecule has 0 amide bonds. The zero-order chi connectivity index (χ0) is 43.9. The van der Waals surface area contributed by atoms with Gasteiger partial charge in [-0.15, -0.1) is 11.3 Å². The summed E-state index contributed by atoms with van der Waals surface area (Å²) in [5.41, 5.74) is 14.7. The van der Waals surface area contributed by atoms with E-state index in [-0.39, 0.29) is 0 Å². The summed E-state index contributed by atoms with van der Waals surface area (Å²) in [6, 6.07) is 66.5. The Labute approximate surface area is 384 Å². The van der Waals surface area contributed by atoms with E-state index in [1.807, 2.05) is 24.3 Å². The lowest BCUT2D eigenvalue weighted by Gasteiger charge is -2.20. The molecule has 0 aliphatic heterocycles. The Bertz CT molecular complexity index is 3800. The van der Waals surface area contributed by atoms with E-state index in [0.717, 1.165) is 83.1 Å². The van der Waals surface area contributed by atoms with Crippen molar-refractivity contribution in [2.24, 2.45) is 0 Å². The molecule has 0 radical (unpaired) electrons. The number of ether oxygens (including phenoxy) is 1. The van der Waals surface area contributed by atoms with Crippen LogP contribution in [0, 0.1) is 6.33 Å². The fourth-order valence-corrected chi connectivity index (χ4v) is 11.1. The van der Waals surface area contributed by atoms with Gasteiger partial charge in [0.25, 0.3) is 6.33 Å². The highest BCUT2D eigenvalue weighted by atomic mass is 32.1. The third-order valence-corrected chi connectivity index (χ3v) is 13.8. The molecule has 8 heteroatoms. The van der Waals surface area contributed by atoms with Crippen LogP contribution in [-0.4, -0.2) is 23.7 Å². The molecule has 13 aromatic rings. The summed E-state index contributed by atoms with van der Waals surface area (Å²) in [5.74, 6) is 1.82. The van der Waals surface area contributed by atoms with Gasteiger partial charge in [0.05, 0.1) is 66.1 Å². The van der Waals surface area contributed by atoms with Gasteiger partial charge in [-0.1, -0.05) is 135 Å². The van der Waals surface area contributed by atoms with Crippen molar-refractivity contribution in [3.63, 3.8) is 0 Å². The number of aromatic nitrogens is 6. The van der Waals surface area contributed by atoms with E-state index in [1.54, 1.807) is 17.7 Å². The van der Waals surface area contributed by atoms with Crippen LogP contribution in [0.15, 0.2) is 200 Å². The highest BCUT2D eigenvalue weighted by molar-refractivity contribution is 7.17. The lowest BCUT2D eigenvalue weighted by molar-refractivity contribution is -0.571. The molecule has 13 rings (SSSR count). The van der Waals surface area contributed by atoms with Crippen molar-refractivity contribution in [2.75, 3.05) is 0 Å². The number of nitrogens with zero attached hydrogens (tertiary/aromatic N) is 6. The van der Waals surface area contributed by atoms with Crippen molar-refractivity contribution in [3.05, 3.63) is 212 Å². The van der Waals surface area contributed by atoms with Crippen LogP contribution in [0.1, 0.15) is 25.3 Å². The molecule has 5 aromatic heterocycles. The van der Waals surface area contributed by atoms with Gasteiger partial charge < -0.3 is 13.9 Å². The fourth-order valence-electron chi connectivity index (χ4n) is 9.90. The molecule has 0 fully saturated rings. The van der Waals surface area contributed by atoms with Crippen LogP contribution in [0.3, 0.4) is 0 Å². The first-order valence-corrected chi connectivity index (χ1v) is 23.1. The third-order valence-electron chi connectivity index (χ3n) is 12.8. The van der Waals surface area contributed by atoms with Gasteiger partial charge in [-0.25, -0.2) is 9.97 Å². The number of fused-ring (bicyclic) bond motifs is 8. The van der Waals surface area contributed by atoms with Gasteiger partial charge in [0.15, 0.2) is 0 Å². The zero-order valence-corrected chi connectivity index (χ0v) is 36.9. The SMILES string of the molecule is CC(C)c1csc2c(-c3cccc(Oc4cccc(-n5[c-][n+](-c6c(-n7c8ccccc8c8ccccc87)cccc6-n6c7ccccc7c7ccccc76)c6ccccc65)c4)c3)ncnc12. The summed E-state index contributed by atoms with van der Waals surface area (Å²) in [6.07, 6.45) is 5.58. The second kappa shape index (κ2) is 15.1. The summed E-state index contributed by atoms with van der Waals surface area (Å²) >= 11 is 1.70. The molecule has 66 heavy (non-hydrogen) atoms. The number of rotatable bonds is 8. The van der Waals surface area contributed by atoms with Gasteiger partial charge in [-0.05, 0) is 83.6 Å². The highest BCUT2D eigenvalue weighted by Gasteiger charge is 2.24. The molecule has 0 aliphatic carbocycles. The number of hydrogen-bond donors (Lipinski definition) is 0. The van der Waals surface area contributed by atoms with Crippen molar-refractivity contribution >= 4 is 76.2 Å². The molecule has 0 saturated heterocycles. The molecule has 0 atom stereocenters. The maximum absolute atomic E-state index is 6.68. The second-order valence-corrected chi connectivity index (χ2v) is 17.9. The Kier molecular flexibility index (Phi) is 8.76. The number of para-hydroxylation sites is 7. The van der Waals surface area contributed by atoms with Gasteiger partial charge in [0.2, 0.25) is 0 Å². The predicted molar refractivity (Wildman–Crippen MR) is 269 cm³/mol. The van der Waals surface area contributed by atoms with Crippen LogP contribution in [0.5, 0.6) is 11.5 Å². The molecule has 0 unspecified atom stereocenters. The maximum Gasteiger partial charge on any atom is 0.269 e. The van der Waals surface area contributed by atoms with E-state index in [2.05, 4.69) is 213 Å². The van der Waals surface area contributed by atoms with Gasteiger partial charge in [-0.3, -0.25) is 9.13 Å². The van der Waals surface area contributed by atoms with E-state index in [4.69, 9.17) is 9.72 Å². The highest BCUT2D eigenvalue weighted by Crippen LogP contribution is 2.40. The van der Waals surface area contributed by atoms with E-state index < -0.39 is 0 Å². The largest absolute Gasteiger partial charge is 0.458 e. The van der Waals surface area contributed by atoms with Gasteiger partial charge >= 0.3 is 0 Å². The molecule has 5 heterocycles. The van der Waals surface area contributed by atoms with Crippen LogP contribution in [0.25, 0.3) is 98.9 Å². The van der Waals surface area contributed by atoms with E-state index in [1.165, 1.54) is 27.1 Å². The number of hydrogen-bond acceptors (Lipinski definition) is 4. The van der Waals surface area contributed by atoms with E-state index in [9.17, 15) is 0 Å². The molecular weight excluding hydrogens is 829 g/mol. The summed E-state index contributed by atoms with van der Waals surface area (Å²) in [7, 11) is 0. The number of thiophene rings is 1. The summed E-state index contributed by atoms with van der Waals surface area (Å²) in [6.45, 7) is 4.41. The van der Waals surface area contributed by atoms with Crippen molar-refractivity contribution in [2.45, 2.75) is 19.8 Å². The smallest absolute Gasteiger partial charge is 0.269 e. The average Bonchev–Trinajstić information content (AvgIpc) is 4.14. The van der Waals surface area contributed by atoms with Crippen molar-refractivity contribution in [3.8, 4) is 45.5 Å². The molecule has 0 aliphatic rings. The first-order chi connectivity index (χ1) is 32.6. The van der Waals surface area contributed by atoms with Crippen LogP contribution < -0.4 is 9.30 Å². The predicted octanol–water partition coefficient (Wildman–Crippen LogP) is 14.5. The number of imidazole rings is 1. The second-order valence-electron chi connectivity index (χ2n) is 17.0. The molecule has 0 N–H and O–H groups in total. The van der Waals surface area contributed by atoms with Gasteiger partial charge in [0, 0.05) is 27.1 Å². The summed E-state index contributed by atoms with van der Waals surface area (Å²) < 4.78 is 17.0. The molecule has 0 bridgehead atoms. The van der Waals surface area contributed by atoms with E-state index in [0.29, 0.717) is 11.7 Å². The molecular formula is C58H40N6OS. The molecule has 314 valence electrons. The Morgan fingerprint density at radius 2 is 1.08 bits per heavy atom. The van der Waals surface area contributed by atoms with Crippen molar-refractivity contribution < 1.29 is 9.30 Å². The summed E-state index contributed by atoms with van der Waals surface area (Å²) in [5, 5.41) is 7.03.